The van der Waals surface area contributed by atoms with Gasteiger partial charge in [-0.1, -0.05) is 19.7 Å². The summed E-state index contributed by atoms with van der Waals surface area (Å²) in [6.07, 6.45) is 4.31. The molecular weight excluding hydrogens is 234 g/mol. The standard InChI is InChI=1S/C12H23N3OS/c1-10-2-6-14(7-3-10)12(16)13-11-4-8-15(17)9-5-11/h10-11,17H,2-9H2,1H3,(H,13,16). The number of urea groups is 1. The Labute approximate surface area is 109 Å². The molecule has 0 aromatic rings. The zero-order valence-electron chi connectivity index (χ0n) is 10.6. The molecule has 0 spiro atoms. The monoisotopic (exact) mass is 257 g/mol. The molecule has 1 N–H and O–H groups in total. The Morgan fingerprint density at radius 2 is 1.71 bits per heavy atom. The predicted molar refractivity (Wildman–Crippen MR) is 72.1 cm³/mol. The first-order valence-electron chi connectivity index (χ1n) is 6.64. The maximum atomic E-state index is 12.0. The van der Waals surface area contributed by atoms with E-state index in [0.717, 1.165) is 57.8 Å². The van der Waals surface area contributed by atoms with Gasteiger partial charge in [0.15, 0.2) is 0 Å². The van der Waals surface area contributed by atoms with E-state index in [1.807, 2.05) is 9.21 Å². The second kappa shape index (κ2) is 5.96. The lowest BCUT2D eigenvalue weighted by Crippen LogP contribution is -2.50. The van der Waals surface area contributed by atoms with Crippen molar-refractivity contribution >= 4 is 18.8 Å². The van der Waals surface area contributed by atoms with Crippen molar-refractivity contribution < 1.29 is 4.79 Å². The highest BCUT2D eigenvalue weighted by Crippen LogP contribution is 2.17. The van der Waals surface area contributed by atoms with E-state index < -0.39 is 0 Å². The van der Waals surface area contributed by atoms with Crippen LogP contribution >= 0.6 is 12.8 Å². The third-order valence-electron chi connectivity index (χ3n) is 3.87. The molecule has 2 saturated heterocycles. The van der Waals surface area contributed by atoms with Gasteiger partial charge in [-0.3, -0.25) is 4.31 Å². The number of thiol groups is 1. The molecule has 0 aliphatic carbocycles. The maximum Gasteiger partial charge on any atom is 0.317 e. The molecule has 0 atom stereocenters. The number of hydrogen-bond donors (Lipinski definition) is 2. The van der Waals surface area contributed by atoms with Crippen LogP contribution in [0.5, 0.6) is 0 Å². The van der Waals surface area contributed by atoms with Crippen LogP contribution in [-0.2, 0) is 0 Å². The van der Waals surface area contributed by atoms with Gasteiger partial charge in [-0.25, -0.2) is 4.79 Å². The van der Waals surface area contributed by atoms with Gasteiger partial charge < -0.3 is 10.2 Å². The molecule has 0 aromatic heterocycles. The van der Waals surface area contributed by atoms with Crippen molar-refractivity contribution in [3.05, 3.63) is 0 Å². The van der Waals surface area contributed by atoms with Gasteiger partial charge in [-0.15, -0.1) is 0 Å². The minimum Gasteiger partial charge on any atom is -0.335 e. The summed E-state index contributed by atoms with van der Waals surface area (Å²) in [5.41, 5.74) is 0. The van der Waals surface area contributed by atoms with Crippen molar-refractivity contribution in [1.29, 1.82) is 0 Å². The summed E-state index contributed by atoms with van der Waals surface area (Å²) in [5, 5.41) is 3.15. The van der Waals surface area contributed by atoms with E-state index in [1.165, 1.54) is 0 Å². The van der Waals surface area contributed by atoms with Crippen LogP contribution in [-0.4, -0.2) is 47.5 Å². The Morgan fingerprint density at radius 1 is 1.12 bits per heavy atom. The van der Waals surface area contributed by atoms with Gasteiger partial charge in [0.2, 0.25) is 0 Å². The van der Waals surface area contributed by atoms with E-state index in [2.05, 4.69) is 25.1 Å². The predicted octanol–water partition coefficient (Wildman–Crippen LogP) is 1.74. The largest absolute Gasteiger partial charge is 0.335 e. The van der Waals surface area contributed by atoms with Crippen molar-refractivity contribution in [2.75, 3.05) is 26.2 Å². The molecule has 2 amide bonds. The van der Waals surface area contributed by atoms with Crippen molar-refractivity contribution in [3.8, 4) is 0 Å². The van der Waals surface area contributed by atoms with Gasteiger partial charge >= 0.3 is 6.03 Å². The number of hydrogen-bond acceptors (Lipinski definition) is 3. The number of piperidine rings is 2. The normalized spacial score (nSPS) is 24.9. The van der Waals surface area contributed by atoms with Gasteiger partial charge in [-0.05, 0) is 31.6 Å². The van der Waals surface area contributed by atoms with Crippen LogP contribution in [0.4, 0.5) is 4.79 Å². The number of carbonyl (C=O) groups is 1. The fourth-order valence-corrected chi connectivity index (χ4v) is 2.72. The average molecular weight is 257 g/mol. The number of nitrogens with zero attached hydrogens (tertiary/aromatic N) is 2. The SMILES string of the molecule is CC1CCN(C(=O)NC2CCN(S)CC2)CC1. The van der Waals surface area contributed by atoms with Gasteiger partial charge in [0.25, 0.3) is 0 Å². The Morgan fingerprint density at radius 3 is 2.29 bits per heavy atom. The minimum absolute atomic E-state index is 0.134. The highest BCUT2D eigenvalue weighted by molar-refractivity contribution is 7.77. The summed E-state index contributed by atoms with van der Waals surface area (Å²) in [6, 6.07) is 0.472. The van der Waals surface area contributed by atoms with Crippen LogP contribution in [0.2, 0.25) is 0 Å². The van der Waals surface area contributed by atoms with Crippen molar-refractivity contribution in [2.24, 2.45) is 5.92 Å². The fourth-order valence-electron chi connectivity index (χ4n) is 2.49. The van der Waals surface area contributed by atoms with E-state index >= 15 is 0 Å². The number of nitrogens with one attached hydrogen (secondary N) is 1. The third kappa shape index (κ3) is 3.78. The second-order valence-corrected chi connectivity index (χ2v) is 5.91. The molecule has 2 aliphatic rings. The molecule has 5 heteroatoms. The molecule has 0 saturated carbocycles. The Balaban J connectivity index is 1.73. The van der Waals surface area contributed by atoms with E-state index in [0.29, 0.717) is 6.04 Å². The molecular formula is C12H23N3OS. The summed E-state index contributed by atoms with van der Waals surface area (Å²) in [5.74, 6) is 0.770. The summed E-state index contributed by atoms with van der Waals surface area (Å²) in [6.45, 7) is 6.02. The van der Waals surface area contributed by atoms with E-state index in [-0.39, 0.29) is 6.03 Å². The van der Waals surface area contributed by atoms with Crippen LogP contribution in [0, 0.1) is 5.92 Å². The van der Waals surface area contributed by atoms with Crippen LogP contribution in [0.3, 0.4) is 0 Å². The van der Waals surface area contributed by atoms with Crippen molar-refractivity contribution in [2.45, 2.75) is 38.6 Å². The Kier molecular flexibility index (Phi) is 4.56. The zero-order chi connectivity index (χ0) is 12.3. The van der Waals surface area contributed by atoms with E-state index in [1.54, 1.807) is 0 Å². The van der Waals surface area contributed by atoms with Gasteiger partial charge in [0, 0.05) is 32.2 Å². The molecule has 17 heavy (non-hydrogen) atoms. The smallest absolute Gasteiger partial charge is 0.317 e. The lowest BCUT2D eigenvalue weighted by atomic mass is 9.99. The minimum atomic E-state index is 0.134. The zero-order valence-corrected chi connectivity index (χ0v) is 11.5. The molecule has 2 aliphatic heterocycles. The summed E-state index contributed by atoms with van der Waals surface area (Å²) >= 11 is 4.31. The lowest BCUT2D eigenvalue weighted by Gasteiger charge is -2.34. The summed E-state index contributed by atoms with van der Waals surface area (Å²) in [7, 11) is 0. The first-order chi connectivity index (χ1) is 8.15. The van der Waals surface area contributed by atoms with E-state index in [4.69, 9.17) is 0 Å². The van der Waals surface area contributed by atoms with Gasteiger partial charge in [0.1, 0.15) is 0 Å². The first kappa shape index (κ1) is 13.0. The fraction of sp³-hybridized carbons (Fsp3) is 0.917. The number of rotatable bonds is 1. The third-order valence-corrected chi connectivity index (χ3v) is 4.27. The van der Waals surface area contributed by atoms with Crippen molar-refractivity contribution in [3.63, 3.8) is 0 Å². The molecule has 0 bridgehead atoms. The Hall–Kier alpha value is -0.420. The summed E-state index contributed by atoms with van der Waals surface area (Å²) in [4.78, 5) is 14.0. The molecule has 2 rings (SSSR count). The first-order valence-corrected chi connectivity index (χ1v) is 7.04. The topological polar surface area (TPSA) is 35.6 Å². The molecule has 0 aromatic carbocycles. The van der Waals surface area contributed by atoms with E-state index in [9.17, 15) is 4.79 Å². The highest BCUT2D eigenvalue weighted by Gasteiger charge is 2.24. The van der Waals surface area contributed by atoms with Gasteiger partial charge in [-0.2, -0.15) is 0 Å². The number of amides is 2. The number of likely N-dealkylation sites (tertiary alicyclic amines) is 1. The molecule has 98 valence electrons. The molecule has 2 heterocycles. The summed E-state index contributed by atoms with van der Waals surface area (Å²) < 4.78 is 2.02. The lowest BCUT2D eigenvalue weighted by molar-refractivity contribution is 0.166. The Bertz CT molecular complexity index is 258. The quantitative estimate of drug-likeness (QED) is 0.702. The molecule has 0 radical (unpaired) electrons. The molecule has 2 fully saturated rings. The van der Waals surface area contributed by atoms with Crippen LogP contribution < -0.4 is 5.32 Å². The maximum absolute atomic E-state index is 12.0. The second-order valence-electron chi connectivity index (χ2n) is 5.35. The van der Waals surface area contributed by atoms with Crippen molar-refractivity contribution in [1.82, 2.24) is 14.5 Å². The van der Waals surface area contributed by atoms with Crippen LogP contribution in [0.1, 0.15) is 32.6 Å². The average Bonchev–Trinajstić information content (AvgIpc) is 2.33. The van der Waals surface area contributed by atoms with Gasteiger partial charge in [0.05, 0.1) is 0 Å². The highest BCUT2D eigenvalue weighted by atomic mass is 32.1. The molecule has 0 unspecified atom stereocenters. The molecule has 4 nitrogen and oxygen atoms in total. The number of carbonyl (C=O) groups excluding carboxylic acids is 1. The van der Waals surface area contributed by atoms with Crippen LogP contribution in [0.25, 0.3) is 0 Å². The van der Waals surface area contributed by atoms with Crippen LogP contribution in [0.15, 0.2) is 0 Å².